The second-order valence-corrected chi connectivity index (χ2v) is 4.28. The van der Waals surface area contributed by atoms with Gasteiger partial charge in [0.25, 0.3) is 0 Å². The summed E-state index contributed by atoms with van der Waals surface area (Å²) in [5.74, 6) is -3.08. The summed E-state index contributed by atoms with van der Waals surface area (Å²) in [6, 6.07) is 7.76. The van der Waals surface area contributed by atoms with E-state index in [2.05, 4.69) is 10.5 Å². The van der Waals surface area contributed by atoms with Gasteiger partial charge >= 0.3 is 0 Å². The molecule has 2 aromatic rings. The molecule has 2 rings (SSSR count). The van der Waals surface area contributed by atoms with Gasteiger partial charge in [-0.1, -0.05) is 23.4 Å². The van der Waals surface area contributed by atoms with Crippen molar-refractivity contribution in [3.63, 3.8) is 0 Å². The molecule has 0 aliphatic rings. The molecule has 0 saturated carbocycles. The average molecular weight is 295 g/mol. The Kier molecular flexibility index (Phi) is 4.32. The van der Waals surface area contributed by atoms with Gasteiger partial charge in [0.15, 0.2) is 17.5 Å². The first-order valence-electron chi connectivity index (χ1n) is 5.96. The predicted octanol–water partition coefficient (Wildman–Crippen LogP) is 2.81. The molecule has 4 N–H and O–H groups in total. The minimum Gasteiger partial charge on any atom is -0.409 e. The second-order valence-electron chi connectivity index (χ2n) is 4.28. The van der Waals surface area contributed by atoms with Crippen LogP contribution in [0.25, 0.3) is 0 Å². The van der Waals surface area contributed by atoms with Crippen LogP contribution in [0.15, 0.2) is 41.6 Å². The van der Waals surface area contributed by atoms with Crippen molar-refractivity contribution < 1.29 is 18.4 Å². The zero-order valence-electron chi connectivity index (χ0n) is 10.8. The Bertz CT molecular complexity index is 666. The molecule has 7 heteroatoms. The van der Waals surface area contributed by atoms with Gasteiger partial charge in [-0.15, -0.1) is 0 Å². The number of hydrogen-bond acceptors (Lipinski definition) is 3. The largest absolute Gasteiger partial charge is 0.409 e. The summed E-state index contributed by atoms with van der Waals surface area (Å²) in [6.07, 6.45) is 0. The van der Waals surface area contributed by atoms with Gasteiger partial charge in [-0.05, 0) is 11.6 Å². The summed E-state index contributed by atoms with van der Waals surface area (Å²) >= 11 is 0. The van der Waals surface area contributed by atoms with Gasteiger partial charge in [-0.3, -0.25) is 0 Å². The number of anilines is 1. The van der Waals surface area contributed by atoms with E-state index < -0.39 is 23.1 Å². The first-order chi connectivity index (χ1) is 10.0. The number of hydrogen-bond donors (Lipinski definition) is 3. The van der Waals surface area contributed by atoms with E-state index in [0.29, 0.717) is 23.3 Å². The maximum absolute atomic E-state index is 13.5. The molecule has 110 valence electrons. The molecule has 0 spiro atoms. The molecule has 0 aliphatic carbocycles. The maximum atomic E-state index is 13.5. The first kappa shape index (κ1) is 14.7. The highest BCUT2D eigenvalue weighted by Crippen LogP contribution is 2.21. The second kappa shape index (κ2) is 6.17. The SMILES string of the molecule is NC(=NO)c1cccc(CNc2c(F)cc(F)cc2F)c1. The molecule has 21 heavy (non-hydrogen) atoms. The number of nitrogens with two attached hydrogens (primary N) is 1. The van der Waals surface area contributed by atoms with E-state index in [-0.39, 0.29) is 12.4 Å². The quantitative estimate of drug-likeness (QED) is 0.351. The molecular weight excluding hydrogens is 283 g/mol. The lowest BCUT2D eigenvalue weighted by Gasteiger charge is -2.10. The van der Waals surface area contributed by atoms with Gasteiger partial charge in [0.1, 0.15) is 11.5 Å². The maximum Gasteiger partial charge on any atom is 0.170 e. The minimum absolute atomic E-state index is 0.0732. The molecule has 0 atom stereocenters. The predicted molar refractivity (Wildman–Crippen MR) is 72.6 cm³/mol. The van der Waals surface area contributed by atoms with Gasteiger partial charge in [0.2, 0.25) is 0 Å². The Morgan fingerprint density at radius 1 is 1.14 bits per heavy atom. The van der Waals surface area contributed by atoms with Crippen molar-refractivity contribution in [2.45, 2.75) is 6.54 Å². The Hall–Kier alpha value is -2.70. The molecule has 0 amide bonds. The number of nitrogens with one attached hydrogen (secondary N) is 1. The van der Waals surface area contributed by atoms with E-state index >= 15 is 0 Å². The first-order valence-corrected chi connectivity index (χ1v) is 5.96. The van der Waals surface area contributed by atoms with Crippen LogP contribution in [0.5, 0.6) is 0 Å². The van der Waals surface area contributed by atoms with Gasteiger partial charge in [-0.25, -0.2) is 13.2 Å². The van der Waals surface area contributed by atoms with E-state index in [1.54, 1.807) is 24.3 Å². The van der Waals surface area contributed by atoms with E-state index in [0.717, 1.165) is 0 Å². The molecule has 2 aromatic carbocycles. The van der Waals surface area contributed by atoms with E-state index in [1.807, 2.05) is 0 Å². The van der Waals surface area contributed by atoms with Crippen LogP contribution >= 0.6 is 0 Å². The minimum atomic E-state index is -1.01. The van der Waals surface area contributed by atoms with Crippen molar-refractivity contribution in [1.29, 1.82) is 0 Å². The molecule has 0 aliphatic heterocycles. The van der Waals surface area contributed by atoms with Crippen molar-refractivity contribution in [2.24, 2.45) is 10.9 Å². The van der Waals surface area contributed by atoms with Crippen molar-refractivity contribution in [3.05, 3.63) is 65.0 Å². The van der Waals surface area contributed by atoms with Crippen LogP contribution in [0.4, 0.5) is 18.9 Å². The Labute approximate surface area is 118 Å². The van der Waals surface area contributed by atoms with Gasteiger partial charge in [-0.2, -0.15) is 0 Å². The fraction of sp³-hybridized carbons (Fsp3) is 0.0714. The lowest BCUT2D eigenvalue weighted by Crippen LogP contribution is -2.13. The summed E-state index contributed by atoms with van der Waals surface area (Å²) in [5.41, 5.74) is 6.17. The molecule has 0 unspecified atom stereocenters. The average Bonchev–Trinajstić information content (AvgIpc) is 2.45. The summed E-state index contributed by atoms with van der Waals surface area (Å²) in [6.45, 7) is 0.0893. The van der Waals surface area contributed by atoms with Crippen LogP contribution in [0, 0.1) is 17.5 Å². The van der Waals surface area contributed by atoms with E-state index in [4.69, 9.17) is 10.9 Å². The summed E-state index contributed by atoms with van der Waals surface area (Å²) < 4.78 is 39.7. The number of nitrogens with zero attached hydrogens (tertiary/aromatic N) is 1. The zero-order valence-corrected chi connectivity index (χ0v) is 10.8. The lowest BCUT2D eigenvalue weighted by atomic mass is 10.1. The zero-order chi connectivity index (χ0) is 15.4. The smallest absolute Gasteiger partial charge is 0.170 e. The summed E-state index contributed by atoms with van der Waals surface area (Å²) in [7, 11) is 0. The highest BCUT2D eigenvalue weighted by Gasteiger charge is 2.11. The Morgan fingerprint density at radius 3 is 2.43 bits per heavy atom. The van der Waals surface area contributed by atoms with Crippen LogP contribution in [-0.2, 0) is 6.54 Å². The molecule has 4 nitrogen and oxygen atoms in total. The Morgan fingerprint density at radius 2 is 1.81 bits per heavy atom. The number of halogens is 3. The summed E-state index contributed by atoms with van der Waals surface area (Å²) in [4.78, 5) is 0. The fourth-order valence-corrected chi connectivity index (χ4v) is 1.80. The highest BCUT2D eigenvalue weighted by molar-refractivity contribution is 5.97. The Balaban J connectivity index is 2.17. The molecule has 0 heterocycles. The van der Waals surface area contributed by atoms with Crippen LogP contribution in [0.1, 0.15) is 11.1 Å². The number of benzene rings is 2. The van der Waals surface area contributed by atoms with Crippen molar-refractivity contribution in [1.82, 2.24) is 0 Å². The van der Waals surface area contributed by atoms with E-state index in [9.17, 15) is 13.2 Å². The normalized spacial score (nSPS) is 11.5. The molecule has 0 radical (unpaired) electrons. The molecule has 0 saturated heterocycles. The molecular formula is C14H12F3N3O. The van der Waals surface area contributed by atoms with Gasteiger partial charge in [0.05, 0.1) is 0 Å². The highest BCUT2D eigenvalue weighted by atomic mass is 19.1. The molecule has 0 aromatic heterocycles. The van der Waals surface area contributed by atoms with Crippen LogP contribution in [0.3, 0.4) is 0 Å². The fourth-order valence-electron chi connectivity index (χ4n) is 1.80. The van der Waals surface area contributed by atoms with Crippen LogP contribution in [0.2, 0.25) is 0 Å². The monoisotopic (exact) mass is 295 g/mol. The van der Waals surface area contributed by atoms with Crippen molar-refractivity contribution in [3.8, 4) is 0 Å². The van der Waals surface area contributed by atoms with E-state index in [1.165, 1.54) is 0 Å². The number of rotatable bonds is 4. The summed E-state index contributed by atoms with van der Waals surface area (Å²) in [5, 5.41) is 14.0. The number of amidine groups is 1. The number of oxime groups is 1. The van der Waals surface area contributed by atoms with Crippen LogP contribution < -0.4 is 11.1 Å². The van der Waals surface area contributed by atoms with Gasteiger partial charge in [0, 0.05) is 24.2 Å². The lowest BCUT2D eigenvalue weighted by molar-refractivity contribution is 0.318. The standard InChI is InChI=1S/C14H12F3N3O/c15-10-5-11(16)13(12(17)6-10)19-7-8-2-1-3-9(4-8)14(18)20-21/h1-6,19,21H,7H2,(H2,18,20). The van der Waals surface area contributed by atoms with Crippen molar-refractivity contribution in [2.75, 3.05) is 5.32 Å². The molecule has 0 bridgehead atoms. The van der Waals surface area contributed by atoms with Crippen LogP contribution in [-0.4, -0.2) is 11.0 Å². The molecule has 0 fully saturated rings. The third kappa shape index (κ3) is 3.44. The van der Waals surface area contributed by atoms with Crippen molar-refractivity contribution >= 4 is 11.5 Å². The third-order valence-electron chi connectivity index (χ3n) is 2.81. The topological polar surface area (TPSA) is 70.6 Å². The van der Waals surface area contributed by atoms with Gasteiger partial charge < -0.3 is 16.3 Å². The third-order valence-corrected chi connectivity index (χ3v) is 2.81.